The van der Waals surface area contributed by atoms with Crippen molar-refractivity contribution in [3.8, 4) is 0 Å². The molecule has 2 N–H and O–H groups in total. The maximum absolute atomic E-state index is 12.4. The fourth-order valence-corrected chi connectivity index (χ4v) is 5.34. The Morgan fingerprint density at radius 3 is 2.55 bits per heavy atom. The lowest BCUT2D eigenvalue weighted by atomic mass is 10.1. The van der Waals surface area contributed by atoms with Gasteiger partial charge in [0.2, 0.25) is 11.8 Å². The first-order chi connectivity index (χ1) is 16.0. The molecular weight excluding hydrogens is 450 g/mol. The van der Waals surface area contributed by atoms with E-state index >= 15 is 0 Å². The number of fused-ring (bicyclic) bond motifs is 1. The quantitative estimate of drug-likeness (QED) is 0.297. The number of hydrogen-bond acceptors (Lipinski definition) is 5. The Kier molecular flexibility index (Phi) is 7.42. The number of anilines is 2. The van der Waals surface area contributed by atoms with Crippen molar-refractivity contribution in [1.29, 1.82) is 0 Å². The van der Waals surface area contributed by atoms with Crippen LogP contribution in [0.15, 0.2) is 71.1 Å². The first kappa shape index (κ1) is 23.0. The summed E-state index contributed by atoms with van der Waals surface area (Å²) in [6, 6.07) is 21.7. The van der Waals surface area contributed by atoms with E-state index in [1.165, 1.54) is 28.7 Å². The van der Waals surface area contributed by atoms with Gasteiger partial charge in [0.05, 0.1) is 16.0 Å². The maximum atomic E-state index is 12.4. The minimum absolute atomic E-state index is 0.0135. The zero-order chi connectivity index (χ0) is 23.2. The number of nitrogens with zero attached hydrogens (tertiary/aromatic N) is 1. The van der Waals surface area contributed by atoms with E-state index < -0.39 is 0 Å². The second kappa shape index (κ2) is 10.6. The molecule has 3 aromatic carbocycles. The minimum atomic E-state index is -0.0578. The predicted molar refractivity (Wildman–Crippen MR) is 138 cm³/mol. The van der Waals surface area contributed by atoms with E-state index in [4.69, 9.17) is 0 Å². The Morgan fingerprint density at radius 1 is 0.939 bits per heavy atom. The van der Waals surface area contributed by atoms with Crippen molar-refractivity contribution >= 4 is 56.5 Å². The molecule has 33 heavy (non-hydrogen) atoms. The molecule has 4 aromatic rings. The van der Waals surface area contributed by atoms with Gasteiger partial charge in [-0.3, -0.25) is 9.59 Å². The number of benzene rings is 3. The monoisotopic (exact) mass is 475 g/mol. The zero-order valence-electron chi connectivity index (χ0n) is 18.6. The van der Waals surface area contributed by atoms with Gasteiger partial charge in [0.25, 0.3) is 0 Å². The third-order valence-electron chi connectivity index (χ3n) is 5.12. The van der Waals surface area contributed by atoms with Gasteiger partial charge in [-0.15, -0.1) is 11.3 Å². The topological polar surface area (TPSA) is 71.1 Å². The third-order valence-corrected chi connectivity index (χ3v) is 7.28. The Hall–Kier alpha value is -3.16. The van der Waals surface area contributed by atoms with E-state index in [0.29, 0.717) is 12.8 Å². The number of carbonyl (C=O) groups excluding carboxylic acids is 2. The highest BCUT2D eigenvalue weighted by atomic mass is 32.2. The molecule has 0 saturated heterocycles. The van der Waals surface area contributed by atoms with Crippen LogP contribution in [-0.4, -0.2) is 22.6 Å². The minimum Gasteiger partial charge on any atom is -0.326 e. The summed E-state index contributed by atoms with van der Waals surface area (Å²) in [6.45, 7) is 4.02. The fourth-order valence-electron chi connectivity index (χ4n) is 3.44. The number of carbonyl (C=O) groups is 2. The van der Waals surface area contributed by atoms with E-state index in [0.717, 1.165) is 37.1 Å². The van der Waals surface area contributed by atoms with E-state index in [1.54, 1.807) is 0 Å². The van der Waals surface area contributed by atoms with Crippen LogP contribution in [0.25, 0.3) is 10.2 Å². The summed E-state index contributed by atoms with van der Waals surface area (Å²) in [6.07, 6.45) is 1.14. The van der Waals surface area contributed by atoms with Crippen LogP contribution in [0.4, 0.5) is 11.4 Å². The second-order valence-corrected chi connectivity index (χ2v) is 10.1. The van der Waals surface area contributed by atoms with Crippen LogP contribution < -0.4 is 10.6 Å². The molecule has 0 radical (unpaired) electrons. The number of hydrogen-bond donors (Lipinski definition) is 2. The predicted octanol–water partition coefficient (Wildman–Crippen LogP) is 6.22. The normalized spacial score (nSPS) is 10.8. The molecule has 0 spiro atoms. The van der Waals surface area contributed by atoms with Gasteiger partial charge >= 0.3 is 0 Å². The number of thiazole rings is 1. The molecular formula is C26H25N3O2S2. The van der Waals surface area contributed by atoms with Crippen molar-refractivity contribution in [2.24, 2.45) is 0 Å². The number of aromatic nitrogens is 1. The van der Waals surface area contributed by atoms with Gasteiger partial charge < -0.3 is 10.6 Å². The number of rotatable bonds is 8. The van der Waals surface area contributed by atoms with Crippen LogP contribution in [0.5, 0.6) is 0 Å². The van der Waals surface area contributed by atoms with Crippen LogP contribution in [0.1, 0.15) is 23.1 Å². The molecule has 5 nitrogen and oxygen atoms in total. The maximum Gasteiger partial charge on any atom is 0.234 e. The van der Waals surface area contributed by atoms with Gasteiger partial charge in [0, 0.05) is 17.8 Å². The molecule has 168 valence electrons. The van der Waals surface area contributed by atoms with E-state index in [2.05, 4.69) is 15.6 Å². The molecule has 0 bridgehead atoms. The zero-order valence-corrected chi connectivity index (χ0v) is 20.2. The van der Waals surface area contributed by atoms with E-state index in [1.807, 2.05) is 80.6 Å². The summed E-state index contributed by atoms with van der Waals surface area (Å²) < 4.78 is 1.81. The van der Waals surface area contributed by atoms with Crippen LogP contribution in [0.2, 0.25) is 0 Å². The second-order valence-electron chi connectivity index (χ2n) is 7.85. The number of thioether (sulfide) groups is 1. The molecule has 0 fully saturated rings. The van der Waals surface area contributed by atoms with Crippen LogP contribution in [0, 0.1) is 13.8 Å². The Balaban J connectivity index is 1.31. The van der Waals surface area contributed by atoms with Gasteiger partial charge in [-0.25, -0.2) is 4.98 Å². The molecule has 1 heterocycles. The lowest BCUT2D eigenvalue weighted by Crippen LogP contribution is -2.14. The summed E-state index contributed by atoms with van der Waals surface area (Å²) in [5.41, 5.74) is 5.82. The van der Waals surface area contributed by atoms with Crippen LogP contribution in [-0.2, 0) is 16.0 Å². The summed E-state index contributed by atoms with van der Waals surface area (Å²) >= 11 is 2.94. The highest BCUT2D eigenvalue weighted by Gasteiger charge is 2.11. The van der Waals surface area contributed by atoms with E-state index in [9.17, 15) is 9.59 Å². The summed E-state index contributed by atoms with van der Waals surface area (Å²) in [5, 5.41) is 5.93. The van der Waals surface area contributed by atoms with Crippen LogP contribution in [0.3, 0.4) is 0 Å². The molecule has 0 aliphatic heterocycles. The molecule has 1 aromatic heterocycles. The smallest absolute Gasteiger partial charge is 0.234 e. The van der Waals surface area contributed by atoms with Gasteiger partial charge in [0.1, 0.15) is 0 Å². The SMILES string of the molecule is Cc1ccc(NC(=O)CSc2nc3ccc(NC(=O)CCc4ccccc4)cc3s2)c(C)c1. The molecule has 0 aliphatic carbocycles. The van der Waals surface area contributed by atoms with Gasteiger partial charge in [-0.05, 0) is 55.7 Å². The molecule has 0 aliphatic rings. The van der Waals surface area contributed by atoms with Gasteiger partial charge in [-0.2, -0.15) is 0 Å². The highest BCUT2D eigenvalue weighted by Crippen LogP contribution is 2.31. The van der Waals surface area contributed by atoms with Gasteiger partial charge in [-0.1, -0.05) is 59.8 Å². The van der Waals surface area contributed by atoms with Crippen LogP contribution >= 0.6 is 23.1 Å². The standard InChI is InChI=1S/C26H25N3O2S2/c1-17-8-11-21(18(2)14-17)28-25(31)16-32-26-29-22-12-10-20(15-23(22)33-26)27-24(30)13-9-19-6-4-3-5-7-19/h3-8,10-12,14-15H,9,13,16H2,1-2H3,(H,27,30)(H,28,31). The number of aryl methyl sites for hydroxylation is 3. The van der Waals surface area contributed by atoms with Crippen molar-refractivity contribution in [2.75, 3.05) is 16.4 Å². The van der Waals surface area contributed by atoms with Crippen molar-refractivity contribution in [3.63, 3.8) is 0 Å². The Morgan fingerprint density at radius 2 is 1.76 bits per heavy atom. The lowest BCUT2D eigenvalue weighted by Gasteiger charge is -2.08. The fraction of sp³-hybridized carbons (Fsp3) is 0.192. The Labute approximate surface area is 201 Å². The summed E-state index contributed by atoms with van der Waals surface area (Å²) in [7, 11) is 0. The Bertz CT molecular complexity index is 1290. The molecule has 0 atom stereocenters. The lowest BCUT2D eigenvalue weighted by molar-refractivity contribution is -0.116. The van der Waals surface area contributed by atoms with Crippen molar-refractivity contribution in [2.45, 2.75) is 31.0 Å². The first-order valence-corrected chi connectivity index (χ1v) is 12.5. The molecule has 4 rings (SSSR count). The summed E-state index contributed by atoms with van der Waals surface area (Å²) in [5.74, 6) is 0.217. The number of amides is 2. The average Bonchev–Trinajstić information content (AvgIpc) is 3.21. The third kappa shape index (κ3) is 6.43. The van der Waals surface area contributed by atoms with Gasteiger partial charge in [0.15, 0.2) is 4.34 Å². The molecule has 0 saturated carbocycles. The molecule has 0 unspecified atom stereocenters. The summed E-state index contributed by atoms with van der Waals surface area (Å²) in [4.78, 5) is 29.3. The van der Waals surface area contributed by atoms with Crippen molar-refractivity contribution in [1.82, 2.24) is 4.98 Å². The molecule has 2 amide bonds. The average molecular weight is 476 g/mol. The van der Waals surface area contributed by atoms with Crippen molar-refractivity contribution < 1.29 is 9.59 Å². The largest absolute Gasteiger partial charge is 0.326 e. The highest BCUT2D eigenvalue weighted by molar-refractivity contribution is 8.01. The number of nitrogens with one attached hydrogen (secondary N) is 2. The van der Waals surface area contributed by atoms with E-state index in [-0.39, 0.29) is 17.6 Å². The first-order valence-electron chi connectivity index (χ1n) is 10.7. The molecule has 7 heteroatoms. The van der Waals surface area contributed by atoms with Crippen molar-refractivity contribution in [3.05, 3.63) is 83.4 Å².